The number of esters is 2. The van der Waals surface area contributed by atoms with Gasteiger partial charge in [-0.1, -0.05) is 6.07 Å². The zero-order valence-corrected chi connectivity index (χ0v) is 14.0. The quantitative estimate of drug-likeness (QED) is 0.371. The minimum atomic E-state index is -0.729. The van der Waals surface area contributed by atoms with E-state index in [4.69, 9.17) is 9.47 Å². The number of ether oxygens (including phenoxy) is 2. The van der Waals surface area contributed by atoms with Gasteiger partial charge in [-0.15, -0.1) is 0 Å². The number of hydrogen-bond acceptors (Lipinski definition) is 5. The molecule has 0 amide bonds. The highest BCUT2D eigenvalue weighted by molar-refractivity contribution is 6.17. The van der Waals surface area contributed by atoms with Gasteiger partial charge < -0.3 is 9.47 Å². The predicted octanol–water partition coefficient (Wildman–Crippen LogP) is 3.15. The molecule has 0 aliphatic carbocycles. The van der Waals surface area contributed by atoms with Gasteiger partial charge in [-0.3, -0.25) is 4.98 Å². The average molecular weight is 305 g/mol. The van der Waals surface area contributed by atoms with Crippen LogP contribution in [0, 0.1) is 0 Å². The number of carbonyl (C=O) groups excluding carboxylic acids is 2. The second kappa shape index (κ2) is 6.73. The number of hydrogen-bond donors (Lipinski definition) is 0. The molecule has 1 aromatic rings. The molecule has 0 radical (unpaired) electrons. The lowest BCUT2D eigenvalue weighted by Crippen LogP contribution is -2.31. The van der Waals surface area contributed by atoms with Crippen molar-refractivity contribution < 1.29 is 19.1 Å². The molecule has 0 saturated carbocycles. The van der Waals surface area contributed by atoms with Gasteiger partial charge in [0.25, 0.3) is 0 Å². The van der Waals surface area contributed by atoms with Gasteiger partial charge in [0.1, 0.15) is 16.8 Å². The maximum Gasteiger partial charge on any atom is 0.346 e. The van der Waals surface area contributed by atoms with E-state index in [1.165, 1.54) is 6.08 Å². The van der Waals surface area contributed by atoms with Crippen LogP contribution < -0.4 is 0 Å². The van der Waals surface area contributed by atoms with Crippen LogP contribution in [0.1, 0.15) is 47.2 Å². The Hall–Kier alpha value is -2.17. The fourth-order valence-electron chi connectivity index (χ4n) is 1.48. The lowest BCUT2D eigenvalue weighted by Gasteiger charge is -2.23. The Bertz CT molecular complexity index is 533. The highest BCUT2D eigenvalue weighted by atomic mass is 16.6. The molecule has 0 fully saturated rings. The third kappa shape index (κ3) is 6.52. The summed E-state index contributed by atoms with van der Waals surface area (Å²) in [5.41, 5.74) is -1.11. The molecule has 0 N–H and O–H groups in total. The van der Waals surface area contributed by atoms with E-state index in [0.29, 0.717) is 5.69 Å². The second-order valence-electron chi connectivity index (χ2n) is 6.82. The largest absolute Gasteiger partial charge is 0.456 e. The molecule has 22 heavy (non-hydrogen) atoms. The van der Waals surface area contributed by atoms with E-state index < -0.39 is 23.1 Å². The first-order chi connectivity index (χ1) is 9.98. The van der Waals surface area contributed by atoms with Crippen LogP contribution in [0.5, 0.6) is 0 Å². The highest BCUT2D eigenvalue weighted by Crippen LogP contribution is 2.17. The maximum absolute atomic E-state index is 12.3. The van der Waals surface area contributed by atoms with Gasteiger partial charge in [-0.25, -0.2) is 9.59 Å². The van der Waals surface area contributed by atoms with E-state index >= 15 is 0 Å². The van der Waals surface area contributed by atoms with Crippen LogP contribution in [-0.4, -0.2) is 28.1 Å². The molecule has 0 aliphatic rings. The van der Waals surface area contributed by atoms with Gasteiger partial charge in [0.2, 0.25) is 0 Å². The molecule has 5 heteroatoms. The van der Waals surface area contributed by atoms with E-state index in [2.05, 4.69) is 4.98 Å². The SMILES string of the molecule is CC(C)(C)OC(=O)C(=Cc1ccccn1)C(=O)OC(C)(C)C. The number of nitrogens with zero attached hydrogens (tertiary/aromatic N) is 1. The lowest BCUT2D eigenvalue weighted by atomic mass is 10.1. The van der Waals surface area contributed by atoms with Crippen molar-refractivity contribution in [2.24, 2.45) is 0 Å². The molecule has 1 aromatic heterocycles. The Morgan fingerprint density at radius 3 is 1.82 bits per heavy atom. The number of rotatable bonds is 3. The molecule has 0 aliphatic heterocycles. The van der Waals surface area contributed by atoms with Crippen molar-refractivity contribution in [3.8, 4) is 0 Å². The Balaban J connectivity index is 3.13. The summed E-state index contributed by atoms with van der Waals surface area (Å²) in [6.07, 6.45) is 2.95. The van der Waals surface area contributed by atoms with Gasteiger partial charge in [0.05, 0.1) is 5.69 Å². The van der Waals surface area contributed by atoms with Crippen molar-refractivity contribution >= 4 is 18.0 Å². The molecule has 0 saturated heterocycles. The Kier molecular flexibility index (Phi) is 5.47. The molecular weight excluding hydrogens is 282 g/mol. The molecule has 1 rings (SSSR count). The van der Waals surface area contributed by atoms with E-state index in [-0.39, 0.29) is 5.57 Å². The lowest BCUT2D eigenvalue weighted by molar-refractivity contribution is -0.158. The summed E-state index contributed by atoms with van der Waals surface area (Å²) >= 11 is 0. The van der Waals surface area contributed by atoms with Crippen molar-refractivity contribution in [1.29, 1.82) is 0 Å². The van der Waals surface area contributed by atoms with Crippen molar-refractivity contribution in [2.45, 2.75) is 52.7 Å². The van der Waals surface area contributed by atoms with E-state index in [0.717, 1.165) is 0 Å². The topological polar surface area (TPSA) is 65.5 Å². The number of carbonyl (C=O) groups is 2. The van der Waals surface area contributed by atoms with Gasteiger partial charge in [0, 0.05) is 6.20 Å². The number of pyridine rings is 1. The minimum absolute atomic E-state index is 0.177. The Morgan fingerprint density at radius 1 is 0.955 bits per heavy atom. The molecule has 0 spiro atoms. The summed E-state index contributed by atoms with van der Waals surface area (Å²) in [5, 5.41) is 0. The summed E-state index contributed by atoms with van der Waals surface area (Å²) in [5.74, 6) is -1.46. The third-order valence-corrected chi connectivity index (χ3v) is 2.22. The molecule has 1 heterocycles. The van der Waals surface area contributed by atoms with Gasteiger partial charge in [0.15, 0.2) is 0 Å². The Labute approximate surface area is 131 Å². The third-order valence-electron chi connectivity index (χ3n) is 2.22. The standard InChI is InChI=1S/C17H23NO4/c1-16(2,3)21-14(19)13(15(20)22-17(4,5)6)11-12-9-7-8-10-18-12/h7-11H,1-6H3. The van der Waals surface area contributed by atoms with E-state index in [1.807, 2.05) is 0 Å². The van der Waals surface area contributed by atoms with Crippen LogP contribution in [-0.2, 0) is 19.1 Å². The predicted molar refractivity (Wildman–Crippen MR) is 83.9 cm³/mol. The van der Waals surface area contributed by atoms with E-state index in [1.54, 1.807) is 65.9 Å². The maximum atomic E-state index is 12.3. The van der Waals surface area contributed by atoms with E-state index in [9.17, 15) is 9.59 Å². The fraction of sp³-hybridized carbons (Fsp3) is 0.471. The molecule has 0 aromatic carbocycles. The second-order valence-corrected chi connectivity index (χ2v) is 6.82. The summed E-state index contributed by atoms with van der Waals surface area (Å²) in [4.78, 5) is 28.6. The van der Waals surface area contributed by atoms with Crippen LogP contribution in [0.2, 0.25) is 0 Å². The summed E-state index contributed by atoms with van der Waals surface area (Å²) < 4.78 is 10.5. The van der Waals surface area contributed by atoms with Gasteiger partial charge in [-0.2, -0.15) is 0 Å². The van der Waals surface area contributed by atoms with Crippen molar-refractivity contribution in [1.82, 2.24) is 4.98 Å². The van der Waals surface area contributed by atoms with Crippen molar-refractivity contribution in [2.75, 3.05) is 0 Å². The van der Waals surface area contributed by atoms with Crippen LogP contribution in [0.25, 0.3) is 6.08 Å². The fourth-order valence-corrected chi connectivity index (χ4v) is 1.48. The smallest absolute Gasteiger partial charge is 0.346 e. The van der Waals surface area contributed by atoms with Crippen molar-refractivity contribution in [3.05, 3.63) is 35.7 Å². The molecule has 120 valence electrons. The monoisotopic (exact) mass is 305 g/mol. The summed E-state index contributed by atoms with van der Waals surface area (Å²) in [7, 11) is 0. The molecule has 5 nitrogen and oxygen atoms in total. The molecule has 0 atom stereocenters. The minimum Gasteiger partial charge on any atom is -0.456 e. The highest BCUT2D eigenvalue weighted by Gasteiger charge is 2.29. The first-order valence-electron chi connectivity index (χ1n) is 7.07. The average Bonchev–Trinajstić information content (AvgIpc) is 2.32. The first kappa shape index (κ1) is 17.9. The van der Waals surface area contributed by atoms with Crippen LogP contribution >= 0.6 is 0 Å². The number of aromatic nitrogens is 1. The van der Waals surface area contributed by atoms with Crippen LogP contribution in [0.3, 0.4) is 0 Å². The first-order valence-corrected chi connectivity index (χ1v) is 7.07. The van der Waals surface area contributed by atoms with Crippen molar-refractivity contribution in [3.63, 3.8) is 0 Å². The zero-order chi connectivity index (χ0) is 17.0. The van der Waals surface area contributed by atoms with Gasteiger partial charge >= 0.3 is 11.9 Å². The van der Waals surface area contributed by atoms with Gasteiger partial charge in [-0.05, 0) is 59.8 Å². The molecule has 0 bridgehead atoms. The molecular formula is C17H23NO4. The summed E-state index contributed by atoms with van der Waals surface area (Å²) in [6.45, 7) is 10.4. The summed E-state index contributed by atoms with van der Waals surface area (Å²) in [6, 6.07) is 5.20. The van der Waals surface area contributed by atoms with Crippen LogP contribution in [0.15, 0.2) is 30.0 Å². The zero-order valence-electron chi connectivity index (χ0n) is 14.0. The Morgan fingerprint density at radius 2 is 1.45 bits per heavy atom. The molecule has 0 unspecified atom stereocenters. The normalized spacial score (nSPS) is 11.5. The van der Waals surface area contributed by atoms with Crippen LogP contribution in [0.4, 0.5) is 0 Å².